The zero-order valence-electron chi connectivity index (χ0n) is 5.19. The van der Waals surface area contributed by atoms with Crippen LogP contribution in [0, 0.1) is 0 Å². The van der Waals surface area contributed by atoms with Crippen molar-refractivity contribution in [2.45, 2.75) is 25.7 Å². The Kier molecular flexibility index (Phi) is 1.98. The fraction of sp³-hybridized carbons (Fsp3) is 0.571. The summed E-state index contributed by atoms with van der Waals surface area (Å²) in [6, 6.07) is 0. The molecular weight excluding hydrogens is 119 g/mol. The van der Waals surface area contributed by atoms with Crippen LogP contribution in [0.25, 0.3) is 0 Å². The summed E-state index contributed by atoms with van der Waals surface area (Å²) in [4.78, 5) is 10.6. The van der Waals surface area contributed by atoms with Gasteiger partial charge < -0.3 is 0 Å². The highest BCUT2D eigenvalue weighted by Gasteiger charge is 2.10. The summed E-state index contributed by atoms with van der Waals surface area (Å²) < 4.78 is 12.3. The van der Waals surface area contributed by atoms with Gasteiger partial charge in [-0.25, -0.2) is 4.39 Å². The van der Waals surface area contributed by atoms with E-state index in [9.17, 15) is 9.18 Å². The summed E-state index contributed by atoms with van der Waals surface area (Å²) in [5.41, 5.74) is 0. The lowest BCUT2D eigenvalue weighted by atomic mass is 10.2. The van der Waals surface area contributed by atoms with Crippen LogP contribution >= 0.6 is 0 Å². The fourth-order valence-electron chi connectivity index (χ4n) is 0.892. The van der Waals surface area contributed by atoms with E-state index in [4.69, 9.17) is 0 Å². The molecule has 1 aliphatic rings. The summed E-state index contributed by atoms with van der Waals surface area (Å²) in [6.07, 6.45) is 4.27. The molecule has 1 aliphatic carbocycles. The number of hydrogen-bond acceptors (Lipinski definition) is 1. The molecule has 0 atom stereocenters. The van der Waals surface area contributed by atoms with Crippen molar-refractivity contribution in [2.75, 3.05) is 0 Å². The molecule has 1 rings (SSSR count). The molecule has 0 heterocycles. The van der Waals surface area contributed by atoms with E-state index < -0.39 is 5.83 Å². The number of halogens is 1. The number of carbonyl (C=O) groups excluding carboxylic acids is 1. The summed E-state index contributed by atoms with van der Waals surface area (Å²) in [6.45, 7) is 0. The third-order valence-electron chi connectivity index (χ3n) is 1.45. The van der Waals surface area contributed by atoms with Gasteiger partial charge in [-0.1, -0.05) is 0 Å². The number of ketones is 1. The molecule has 0 fully saturated rings. The smallest absolute Gasteiger partial charge is 0.190 e. The Morgan fingerprint density at radius 2 is 2.22 bits per heavy atom. The molecule has 0 aromatic heterocycles. The van der Waals surface area contributed by atoms with Gasteiger partial charge in [0.15, 0.2) is 11.6 Å². The second-order valence-electron chi connectivity index (χ2n) is 2.22. The van der Waals surface area contributed by atoms with Crippen molar-refractivity contribution in [2.24, 2.45) is 0 Å². The minimum absolute atomic E-state index is 0.326. The van der Waals surface area contributed by atoms with Crippen LogP contribution in [0.15, 0.2) is 11.9 Å². The van der Waals surface area contributed by atoms with Crippen LogP contribution in [0.5, 0.6) is 0 Å². The predicted molar refractivity (Wildman–Crippen MR) is 32.7 cm³/mol. The first kappa shape index (κ1) is 6.46. The van der Waals surface area contributed by atoms with E-state index in [2.05, 4.69) is 0 Å². The minimum atomic E-state index is -0.535. The van der Waals surface area contributed by atoms with Crippen molar-refractivity contribution < 1.29 is 9.18 Å². The second kappa shape index (κ2) is 2.76. The van der Waals surface area contributed by atoms with Gasteiger partial charge >= 0.3 is 0 Å². The van der Waals surface area contributed by atoms with Crippen LogP contribution in [0.2, 0.25) is 0 Å². The molecule has 2 heteroatoms. The molecule has 0 aliphatic heterocycles. The maximum absolute atomic E-state index is 12.3. The first-order valence-electron chi connectivity index (χ1n) is 3.19. The molecule has 0 radical (unpaired) electrons. The molecule has 50 valence electrons. The first-order chi connectivity index (χ1) is 4.30. The Labute approximate surface area is 53.6 Å². The molecule has 9 heavy (non-hydrogen) atoms. The van der Waals surface area contributed by atoms with Gasteiger partial charge in [-0.2, -0.15) is 0 Å². The number of hydrogen-bond donors (Lipinski definition) is 0. The Hall–Kier alpha value is -0.660. The van der Waals surface area contributed by atoms with E-state index in [1.165, 1.54) is 6.08 Å². The standard InChI is InChI=1S/C7H9FO/c8-6-4-2-1-3-5-7(6)9/h4H,1-3,5H2. The molecular formula is C7H9FO. The van der Waals surface area contributed by atoms with Gasteiger partial charge in [0.05, 0.1) is 0 Å². The Morgan fingerprint density at radius 3 is 3.00 bits per heavy atom. The van der Waals surface area contributed by atoms with Crippen LogP contribution in [-0.2, 0) is 4.79 Å². The maximum Gasteiger partial charge on any atom is 0.190 e. The number of carbonyl (C=O) groups is 1. The lowest BCUT2D eigenvalue weighted by molar-refractivity contribution is -0.116. The number of rotatable bonds is 0. The van der Waals surface area contributed by atoms with Crippen molar-refractivity contribution >= 4 is 5.78 Å². The summed E-state index contributed by atoms with van der Waals surface area (Å²) in [5, 5.41) is 0. The Morgan fingerprint density at radius 1 is 1.44 bits per heavy atom. The number of allylic oxidation sites excluding steroid dienone is 2. The molecule has 0 aromatic rings. The van der Waals surface area contributed by atoms with Gasteiger partial charge in [0.2, 0.25) is 0 Å². The van der Waals surface area contributed by atoms with Crippen LogP contribution in [0.1, 0.15) is 25.7 Å². The van der Waals surface area contributed by atoms with E-state index in [0.29, 0.717) is 6.42 Å². The van der Waals surface area contributed by atoms with E-state index in [1.54, 1.807) is 0 Å². The molecule has 0 spiro atoms. The van der Waals surface area contributed by atoms with Gasteiger partial charge in [-0.05, 0) is 25.3 Å². The monoisotopic (exact) mass is 128 g/mol. The molecule has 0 bridgehead atoms. The van der Waals surface area contributed by atoms with Gasteiger partial charge in [0.1, 0.15) is 0 Å². The average molecular weight is 128 g/mol. The van der Waals surface area contributed by atoms with Gasteiger partial charge in [0.25, 0.3) is 0 Å². The highest BCUT2D eigenvalue weighted by atomic mass is 19.1. The quantitative estimate of drug-likeness (QED) is 0.487. The second-order valence-corrected chi connectivity index (χ2v) is 2.22. The molecule has 0 amide bonds. The molecule has 0 unspecified atom stereocenters. The lowest BCUT2D eigenvalue weighted by Crippen LogP contribution is -1.94. The van der Waals surface area contributed by atoms with Crippen molar-refractivity contribution in [3.05, 3.63) is 11.9 Å². The maximum atomic E-state index is 12.3. The molecule has 0 N–H and O–H groups in total. The van der Waals surface area contributed by atoms with E-state index >= 15 is 0 Å². The van der Waals surface area contributed by atoms with Crippen molar-refractivity contribution in [1.29, 1.82) is 0 Å². The molecule has 0 saturated carbocycles. The topological polar surface area (TPSA) is 17.1 Å². The highest BCUT2D eigenvalue weighted by molar-refractivity contribution is 5.93. The third kappa shape index (κ3) is 1.63. The number of Topliss-reactive ketones (excluding diaryl/α,β-unsaturated/α-hetero) is 1. The van der Waals surface area contributed by atoms with E-state index in [-0.39, 0.29) is 5.78 Å². The van der Waals surface area contributed by atoms with Gasteiger partial charge in [-0.3, -0.25) is 4.79 Å². The van der Waals surface area contributed by atoms with E-state index in [1.807, 2.05) is 0 Å². The third-order valence-corrected chi connectivity index (χ3v) is 1.45. The van der Waals surface area contributed by atoms with Crippen molar-refractivity contribution in [1.82, 2.24) is 0 Å². The predicted octanol–water partition coefficient (Wildman–Crippen LogP) is 1.98. The summed E-state index contributed by atoms with van der Waals surface area (Å²) in [5.74, 6) is -0.861. The lowest BCUT2D eigenvalue weighted by Gasteiger charge is -1.88. The Bertz CT molecular complexity index is 149. The van der Waals surface area contributed by atoms with Crippen molar-refractivity contribution in [3.63, 3.8) is 0 Å². The SMILES string of the molecule is O=C1CCCCC=C1F. The zero-order valence-corrected chi connectivity index (χ0v) is 5.19. The van der Waals surface area contributed by atoms with Gasteiger partial charge in [0, 0.05) is 6.42 Å². The van der Waals surface area contributed by atoms with Crippen LogP contribution in [-0.4, -0.2) is 5.78 Å². The minimum Gasteiger partial charge on any atom is -0.292 e. The molecule has 0 aromatic carbocycles. The molecule has 1 nitrogen and oxygen atoms in total. The zero-order chi connectivity index (χ0) is 6.69. The van der Waals surface area contributed by atoms with E-state index in [0.717, 1.165) is 19.3 Å². The fourth-order valence-corrected chi connectivity index (χ4v) is 0.892. The summed E-state index contributed by atoms with van der Waals surface area (Å²) in [7, 11) is 0. The largest absolute Gasteiger partial charge is 0.292 e. The normalized spacial score (nSPS) is 21.0. The summed E-state index contributed by atoms with van der Waals surface area (Å²) >= 11 is 0. The molecule has 0 saturated heterocycles. The van der Waals surface area contributed by atoms with Crippen LogP contribution < -0.4 is 0 Å². The van der Waals surface area contributed by atoms with Crippen molar-refractivity contribution in [3.8, 4) is 0 Å². The average Bonchev–Trinajstić information content (AvgIpc) is 1.99. The Balaban J connectivity index is 2.61. The van der Waals surface area contributed by atoms with Crippen LogP contribution in [0.4, 0.5) is 4.39 Å². The van der Waals surface area contributed by atoms with Crippen LogP contribution in [0.3, 0.4) is 0 Å². The highest BCUT2D eigenvalue weighted by Crippen LogP contribution is 2.14. The van der Waals surface area contributed by atoms with Gasteiger partial charge in [-0.15, -0.1) is 0 Å². The first-order valence-corrected chi connectivity index (χ1v) is 3.19.